The lowest BCUT2D eigenvalue weighted by Gasteiger charge is -2.16. The summed E-state index contributed by atoms with van der Waals surface area (Å²) < 4.78 is 27.2. The van der Waals surface area contributed by atoms with E-state index in [0.29, 0.717) is 19.0 Å². The number of carbonyl (C=O) groups excluding carboxylic acids is 1. The van der Waals surface area contributed by atoms with E-state index in [1.165, 1.54) is 6.92 Å². The van der Waals surface area contributed by atoms with Crippen LogP contribution < -0.4 is 15.8 Å². The lowest BCUT2D eigenvalue weighted by atomic mass is 10.2. The molecule has 4 N–H and O–H groups in total. The molecular weight excluding hydrogens is 290 g/mol. The first-order valence-electron chi connectivity index (χ1n) is 6.98. The number of nitrogens with one attached hydrogen (secondary N) is 2. The number of amides is 1. The third-order valence-corrected chi connectivity index (χ3v) is 5.03. The van der Waals surface area contributed by atoms with E-state index in [2.05, 4.69) is 10.0 Å². The molecule has 1 fully saturated rings. The highest BCUT2D eigenvalue weighted by atomic mass is 32.2. The summed E-state index contributed by atoms with van der Waals surface area (Å²) in [5.74, 6) is 0.243. The molecule has 1 aromatic carbocycles. The topological polar surface area (TPSA) is 101 Å². The predicted molar refractivity (Wildman–Crippen MR) is 79.9 cm³/mol. The summed E-state index contributed by atoms with van der Waals surface area (Å²) in [6.07, 6.45) is 2.06. The van der Waals surface area contributed by atoms with Crippen LogP contribution in [0, 0.1) is 5.92 Å². The third kappa shape index (κ3) is 4.52. The summed E-state index contributed by atoms with van der Waals surface area (Å²) in [5.41, 5.74) is 6.47. The summed E-state index contributed by atoms with van der Waals surface area (Å²) >= 11 is 0. The van der Waals surface area contributed by atoms with E-state index in [0.717, 1.165) is 18.4 Å². The molecule has 0 spiro atoms. The first kappa shape index (κ1) is 15.9. The fraction of sp³-hybridized carbons (Fsp3) is 0.500. The summed E-state index contributed by atoms with van der Waals surface area (Å²) in [7, 11) is -3.54. The number of carbonyl (C=O) groups is 1. The van der Waals surface area contributed by atoms with E-state index in [9.17, 15) is 13.2 Å². The van der Waals surface area contributed by atoms with Crippen LogP contribution in [-0.4, -0.2) is 26.9 Å². The van der Waals surface area contributed by atoms with Crippen molar-refractivity contribution in [1.29, 1.82) is 0 Å². The van der Waals surface area contributed by atoms with Crippen LogP contribution in [0.4, 0.5) is 0 Å². The van der Waals surface area contributed by atoms with Gasteiger partial charge in [-0.3, -0.25) is 4.79 Å². The second kappa shape index (κ2) is 6.55. The Balaban J connectivity index is 2.03. The van der Waals surface area contributed by atoms with E-state index in [-0.39, 0.29) is 16.8 Å². The maximum Gasteiger partial charge on any atom is 0.240 e. The van der Waals surface area contributed by atoms with Crippen molar-refractivity contribution in [3.63, 3.8) is 0 Å². The normalized spacial score (nSPS) is 16.5. The predicted octanol–water partition coefficient (Wildman–Crippen LogP) is 0.338. The van der Waals surface area contributed by atoms with Crippen molar-refractivity contribution in [2.24, 2.45) is 11.7 Å². The third-order valence-electron chi connectivity index (χ3n) is 3.53. The van der Waals surface area contributed by atoms with Crippen LogP contribution in [0.15, 0.2) is 29.2 Å². The molecule has 0 bridgehead atoms. The van der Waals surface area contributed by atoms with Gasteiger partial charge in [-0.2, -0.15) is 0 Å². The first-order chi connectivity index (χ1) is 9.92. The van der Waals surface area contributed by atoms with Crippen LogP contribution in [0.5, 0.6) is 0 Å². The molecule has 7 heteroatoms. The van der Waals surface area contributed by atoms with Gasteiger partial charge in [-0.15, -0.1) is 0 Å². The molecule has 1 aliphatic rings. The fourth-order valence-corrected chi connectivity index (χ4v) is 3.43. The van der Waals surface area contributed by atoms with Gasteiger partial charge in [-0.1, -0.05) is 12.1 Å². The van der Waals surface area contributed by atoms with Gasteiger partial charge in [0.2, 0.25) is 15.9 Å². The van der Waals surface area contributed by atoms with Gasteiger partial charge in [-0.05, 0) is 36.5 Å². The molecule has 0 saturated heterocycles. The summed E-state index contributed by atoms with van der Waals surface area (Å²) in [5, 5.41) is 2.66. The standard InChI is InChI=1S/C14H21N3O3S/c1-10(18)16-9-11-2-6-13(7-3-11)21(19,20)17-14(8-15)12-4-5-12/h2-3,6-7,12,14,17H,4-5,8-9,15H2,1H3,(H,16,18). The molecule has 1 atom stereocenters. The Morgan fingerprint density at radius 1 is 1.33 bits per heavy atom. The Bertz CT molecular complexity index is 594. The zero-order valence-electron chi connectivity index (χ0n) is 12.0. The van der Waals surface area contributed by atoms with Gasteiger partial charge in [-0.25, -0.2) is 13.1 Å². The van der Waals surface area contributed by atoms with Crippen LogP contribution in [-0.2, 0) is 21.4 Å². The molecule has 0 heterocycles. The van der Waals surface area contributed by atoms with Gasteiger partial charge in [0.1, 0.15) is 0 Å². The molecule has 21 heavy (non-hydrogen) atoms. The van der Waals surface area contributed by atoms with Crippen molar-refractivity contribution in [1.82, 2.24) is 10.0 Å². The van der Waals surface area contributed by atoms with E-state index < -0.39 is 10.0 Å². The summed E-state index contributed by atoms with van der Waals surface area (Å²) in [4.78, 5) is 11.1. The Morgan fingerprint density at radius 3 is 2.43 bits per heavy atom. The molecule has 1 aliphatic carbocycles. The second-order valence-electron chi connectivity index (χ2n) is 5.35. The zero-order chi connectivity index (χ0) is 15.5. The van der Waals surface area contributed by atoms with Gasteiger partial charge in [0.25, 0.3) is 0 Å². The summed E-state index contributed by atoms with van der Waals surface area (Å²) in [6.45, 7) is 2.13. The minimum Gasteiger partial charge on any atom is -0.352 e. The van der Waals surface area contributed by atoms with Gasteiger partial charge >= 0.3 is 0 Å². The average Bonchev–Trinajstić information content (AvgIpc) is 3.27. The van der Waals surface area contributed by atoms with Crippen LogP contribution in [0.1, 0.15) is 25.3 Å². The SMILES string of the molecule is CC(=O)NCc1ccc(S(=O)(=O)NC(CN)C2CC2)cc1. The highest BCUT2D eigenvalue weighted by Crippen LogP contribution is 2.32. The van der Waals surface area contributed by atoms with Crippen molar-refractivity contribution in [3.8, 4) is 0 Å². The molecule has 0 aromatic heterocycles. The molecule has 1 aromatic rings. The van der Waals surface area contributed by atoms with Gasteiger partial charge < -0.3 is 11.1 Å². The van der Waals surface area contributed by atoms with Crippen molar-refractivity contribution >= 4 is 15.9 Å². The highest BCUT2D eigenvalue weighted by molar-refractivity contribution is 7.89. The second-order valence-corrected chi connectivity index (χ2v) is 7.07. The van der Waals surface area contributed by atoms with Gasteiger partial charge in [0.15, 0.2) is 0 Å². The fourth-order valence-electron chi connectivity index (χ4n) is 2.12. The summed E-state index contributed by atoms with van der Waals surface area (Å²) in [6, 6.07) is 6.28. The Labute approximate surface area is 125 Å². The molecule has 1 amide bonds. The van der Waals surface area contributed by atoms with Crippen LogP contribution in [0.25, 0.3) is 0 Å². The van der Waals surface area contributed by atoms with E-state index >= 15 is 0 Å². The van der Waals surface area contributed by atoms with Crippen molar-refractivity contribution in [2.75, 3.05) is 6.54 Å². The quantitative estimate of drug-likeness (QED) is 0.676. The van der Waals surface area contributed by atoms with E-state index in [1.54, 1.807) is 24.3 Å². The lowest BCUT2D eigenvalue weighted by molar-refractivity contribution is -0.119. The molecule has 6 nitrogen and oxygen atoms in total. The zero-order valence-corrected chi connectivity index (χ0v) is 12.8. The number of hydrogen-bond donors (Lipinski definition) is 3. The van der Waals surface area contributed by atoms with E-state index in [1.807, 2.05) is 0 Å². The van der Waals surface area contributed by atoms with Crippen molar-refractivity contribution in [2.45, 2.75) is 37.2 Å². The molecule has 1 unspecified atom stereocenters. The number of sulfonamides is 1. The average molecular weight is 311 g/mol. The van der Waals surface area contributed by atoms with E-state index in [4.69, 9.17) is 5.73 Å². The number of benzene rings is 1. The lowest BCUT2D eigenvalue weighted by Crippen LogP contribution is -2.41. The molecule has 0 aliphatic heterocycles. The highest BCUT2D eigenvalue weighted by Gasteiger charge is 2.33. The Kier molecular flexibility index (Phi) is 4.97. The molecule has 0 radical (unpaired) electrons. The monoisotopic (exact) mass is 311 g/mol. The largest absolute Gasteiger partial charge is 0.352 e. The maximum absolute atomic E-state index is 12.3. The van der Waals surface area contributed by atoms with Crippen molar-refractivity contribution < 1.29 is 13.2 Å². The van der Waals surface area contributed by atoms with Crippen LogP contribution >= 0.6 is 0 Å². The van der Waals surface area contributed by atoms with Crippen molar-refractivity contribution in [3.05, 3.63) is 29.8 Å². The smallest absolute Gasteiger partial charge is 0.240 e. The van der Waals surface area contributed by atoms with Crippen LogP contribution in [0.3, 0.4) is 0 Å². The minimum atomic E-state index is -3.54. The number of hydrogen-bond acceptors (Lipinski definition) is 4. The number of rotatable bonds is 7. The molecule has 116 valence electrons. The molecular formula is C14H21N3O3S. The molecule has 1 saturated carbocycles. The number of nitrogens with two attached hydrogens (primary N) is 1. The Morgan fingerprint density at radius 2 is 1.95 bits per heavy atom. The maximum atomic E-state index is 12.3. The first-order valence-corrected chi connectivity index (χ1v) is 8.46. The minimum absolute atomic E-state index is 0.122. The van der Waals surface area contributed by atoms with Gasteiger partial charge in [0, 0.05) is 26.1 Å². The Hall–Kier alpha value is -1.44. The van der Waals surface area contributed by atoms with Crippen LogP contribution in [0.2, 0.25) is 0 Å². The van der Waals surface area contributed by atoms with Gasteiger partial charge in [0.05, 0.1) is 4.90 Å². The molecule has 2 rings (SSSR count).